The molecule has 1 aromatic rings. The lowest BCUT2D eigenvalue weighted by Crippen LogP contribution is -2.23. The van der Waals surface area contributed by atoms with Crippen LogP contribution in [0.15, 0.2) is 18.3 Å². The summed E-state index contributed by atoms with van der Waals surface area (Å²) in [6, 6.07) is 4.05. The first-order valence-electron chi connectivity index (χ1n) is 6.26. The van der Waals surface area contributed by atoms with Crippen molar-refractivity contribution >= 4 is 5.82 Å². The van der Waals surface area contributed by atoms with Gasteiger partial charge in [0.05, 0.1) is 12.7 Å². The van der Waals surface area contributed by atoms with Gasteiger partial charge in [0.25, 0.3) is 0 Å². The summed E-state index contributed by atoms with van der Waals surface area (Å²) >= 11 is 0. The van der Waals surface area contributed by atoms with Crippen molar-refractivity contribution < 1.29 is 9.47 Å². The molecule has 2 rings (SSSR count). The molecule has 0 unspecified atom stereocenters. The molecular weight excluding hydrogens is 216 g/mol. The lowest BCUT2D eigenvalue weighted by molar-refractivity contribution is -0.0391. The van der Waals surface area contributed by atoms with E-state index in [4.69, 9.17) is 9.47 Å². The lowest BCUT2D eigenvalue weighted by Gasteiger charge is -2.22. The molecule has 0 amide bonds. The van der Waals surface area contributed by atoms with Crippen LogP contribution >= 0.6 is 0 Å². The number of nitrogens with one attached hydrogen (secondary N) is 1. The molecule has 1 saturated heterocycles. The van der Waals surface area contributed by atoms with E-state index in [1.165, 1.54) is 0 Å². The van der Waals surface area contributed by atoms with Crippen molar-refractivity contribution in [3.63, 3.8) is 0 Å². The average molecular weight is 236 g/mol. The van der Waals surface area contributed by atoms with Crippen LogP contribution in [-0.4, -0.2) is 30.8 Å². The molecule has 1 N–H and O–H groups in total. The third-order valence-corrected chi connectivity index (χ3v) is 2.84. The Kier molecular flexibility index (Phi) is 4.76. The number of ether oxygens (including phenoxy) is 2. The number of rotatable bonds is 5. The van der Waals surface area contributed by atoms with Gasteiger partial charge in [0.15, 0.2) is 0 Å². The highest BCUT2D eigenvalue weighted by Crippen LogP contribution is 2.13. The Hall–Kier alpha value is -1.13. The summed E-state index contributed by atoms with van der Waals surface area (Å²) in [7, 11) is 0. The van der Waals surface area contributed by atoms with Crippen LogP contribution < -0.4 is 5.32 Å². The minimum Gasteiger partial charge on any atom is -0.381 e. The maximum atomic E-state index is 5.83. The normalized spacial score (nSPS) is 17.0. The predicted molar refractivity (Wildman–Crippen MR) is 67.0 cm³/mol. The molecule has 1 fully saturated rings. The van der Waals surface area contributed by atoms with Gasteiger partial charge in [0, 0.05) is 26.0 Å². The van der Waals surface area contributed by atoms with Gasteiger partial charge < -0.3 is 14.8 Å². The zero-order valence-electron chi connectivity index (χ0n) is 10.3. The molecule has 0 saturated carbocycles. The number of nitrogens with zero attached hydrogens (tertiary/aromatic N) is 1. The van der Waals surface area contributed by atoms with Crippen molar-refractivity contribution in [2.75, 3.05) is 25.1 Å². The first-order chi connectivity index (χ1) is 8.38. The van der Waals surface area contributed by atoms with Crippen molar-refractivity contribution in [2.45, 2.75) is 32.5 Å². The van der Waals surface area contributed by atoms with Gasteiger partial charge in [-0.05, 0) is 31.4 Å². The van der Waals surface area contributed by atoms with Crippen molar-refractivity contribution in [3.05, 3.63) is 23.9 Å². The number of hydrogen-bond acceptors (Lipinski definition) is 4. The molecule has 0 aromatic carbocycles. The third kappa shape index (κ3) is 3.98. The highest BCUT2D eigenvalue weighted by atomic mass is 16.5. The highest BCUT2D eigenvalue weighted by Gasteiger charge is 2.13. The summed E-state index contributed by atoms with van der Waals surface area (Å²) in [5, 5.41) is 3.17. The van der Waals surface area contributed by atoms with E-state index < -0.39 is 0 Å². The van der Waals surface area contributed by atoms with Crippen LogP contribution in [0.5, 0.6) is 0 Å². The molecule has 4 heteroatoms. The molecule has 4 nitrogen and oxygen atoms in total. The Bertz CT molecular complexity index is 321. The maximum Gasteiger partial charge on any atom is 0.125 e. The Morgan fingerprint density at radius 2 is 2.24 bits per heavy atom. The van der Waals surface area contributed by atoms with E-state index >= 15 is 0 Å². The minimum absolute atomic E-state index is 0.345. The third-order valence-electron chi connectivity index (χ3n) is 2.84. The number of hydrogen-bond donors (Lipinski definition) is 1. The topological polar surface area (TPSA) is 43.4 Å². The van der Waals surface area contributed by atoms with E-state index in [2.05, 4.69) is 23.3 Å². The molecule has 1 aliphatic heterocycles. The monoisotopic (exact) mass is 236 g/mol. The largest absolute Gasteiger partial charge is 0.381 e. The number of pyridine rings is 1. The average Bonchev–Trinajstić information content (AvgIpc) is 2.40. The van der Waals surface area contributed by atoms with Gasteiger partial charge in [-0.2, -0.15) is 0 Å². The van der Waals surface area contributed by atoms with Gasteiger partial charge in [-0.25, -0.2) is 4.98 Å². The SMILES string of the molecule is CCNc1ccc(COC2CCOCC2)cn1. The second kappa shape index (κ2) is 6.57. The molecule has 0 radical (unpaired) electrons. The molecule has 1 aromatic heterocycles. The fraction of sp³-hybridized carbons (Fsp3) is 0.615. The van der Waals surface area contributed by atoms with Crippen LogP contribution in [0.25, 0.3) is 0 Å². The fourth-order valence-electron chi connectivity index (χ4n) is 1.85. The Morgan fingerprint density at radius 1 is 1.41 bits per heavy atom. The van der Waals surface area contributed by atoms with Crippen LogP contribution in [0.4, 0.5) is 5.82 Å². The summed E-state index contributed by atoms with van der Waals surface area (Å²) in [6.07, 6.45) is 4.22. The van der Waals surface area contributed by atoms with Crippen LogP contribution in [0.1, 0.15) is 25.3 Å². The van der Waals surface area contributed by atoms with Crippen molar-refractivity contribution in [3.8, 4) is 0 Å². The number of anilines is 1. The molecule has 0 atom stereocenters. The van der Waals surface area contributed by atoms with Crippen LogP contribution in [0.3, 0.4) is 0 Å². The van der Waals surface area contributed by atoms with E-state index in [-0.39, 0.29) is 0 Å². The fourth-order valence-corrected chi connectivity index (χ4v) is 1.85. The van der Waals surface area contributed by atoms with Crippen molar-refractivity contribution in [1.29, 1.82) is 0 Å². The van der Waals surface area contributed by atoms with E-state index in [1.807, 2.05) is 12.3 Å². The summed E-state index contributed by atoms with van der Waals surface area (Å²) in [5.41, 5.74) is 1.12. The van der Waals surface area contributed by atoms with E-state index in [1.54, 1.807) is 0 Å². The zero-order chi connectivity index (χ0) is 11.9. The summed E-state index contributed by atoms with van der Waals surface area (Å²) in [5.74, 6) is 0.919. The van der Waals surface area contributed by atoms with Crippen molar-refractivity contribution in [2.24, 2.45) is 0 Å². The zero-order valence-corrected chi connectivity index (χ0v) is 10.3. The quantitative estimate of drug-likeness (QED) is 0.851. The number of aromatic nitrogens is 1. The molecular formula is C13H20N2O2. The molecule has 17 heavy (non-hydrogen) atoms. The predicted octanol–water partition coefficient (Wildman–Crippen LogP) is 2.21. The maximum absolute atomic E-state index is 5.83. The molecule has 94 valence electrons. The molecule has 1 aliphatic rings. The van der Waals surface area contributed by atoms with Gasteiger partial charge >= 0.3 is 0 Å². The van der Waals surface area contributed by atoms with Crippen LogP contribution in [0, 0.1) is 0 Å². The highest BCUT2D eigenvalue weighted by molar-refractivity contribution is 5.34. The molecule has 0 aliphatic carbocycles. The van der Waals surface area contributed by atoms with E-state index in [0.717, 1.165) is 44.0 Å². The summed E-state index contributed by atoms with van der Waals surface area (Å²) in [4.78, 5) is 4.32. The van der Waals surface area contributed by atoms with Crippen molar-refractivity contribution in [1.82, 2.24) is 4.98 Å². The minimum atomic E-state index is 0.345. The second-order valence-corrected chi connectivity index (χ2v) is 4.20. The Labute approximate surface area is 102 Å². The van der Waals surface area contributed by atoms with Crippen LogP contribution in [0.2, 0.25) is 0 Å². The summed E-state index contributed by atoms with van der Waals surface area (Å²) < 4.78 is 11.1. The van der Waals surface area contributed by atoms with Gasteiger partial charge in [-0.3, -0.25) is 0 Å². The van der Waals surface area contributed by atoms with Gasteiger partial charge in [-0.15, -0.1) is 0 Å². The van der Waals surface area contributed by atoms with Crippen LogP contribution in [-0.2, 0) is 16.1 Å². The van der Waals surface area contributed by atoms with Gasteiger partial charge in [0.1, 0.15) is 5.82 Å². The van der Waals surface area contributed by atoms with Gasteiger partial charge in [0.2, 0.25) is 0 Å². The Balaban J connectivity index is 1.77. The molecule has 2 heterocycles. The van der Waals surface area contributed by atoms with E-state index in [9.17, 15) is 0 Å². The Morgan fingerprint density at radius 3 is 2.88 bits per heavy atom. The standard InChI is InChI=1S/C13H20N2O2/c1-2-14-13-4-3-11(9-15-13)10-17-12-5-7-16-8-6-12/h3-4,9,12H,2,5-8,10H2,1H3,(H,14,15). The molecule has 0 bridgehead atoms. The second-order valence-electron chi connectivity index (χ2n) is 4.20. The van der Waals surface area contributed by atoms with E-state index in [0.29, 0.717) is 12.7 Å². The first kappa shape index (κ1) is 12.3. The smallest absolute Gasteiger partial charge is 0.125 e. The molecule has 0 spiro atoms. The summed E-state index contributed by atoms with van der Waals surface area (Å²) in [6.45, 7) is 5.24. The van der Waals surface area contributed by atoms with Gasteiger partial charge in [-0.1, -0.05) is 6.07 Å². The lowest BCUT2D eigenvalue weighted by atomic mass is 10.1. The first-order valence-corrected chi connectivity index (χ1v) is 6.26.